The van der Waals surface area contributed by atoms with Crippen LogP contribution in [0.2, 0.25) is 0 Å². The average Bonchev–Trinajstić information content (AvgIpc) is 3.53. The van der Waals surface area contributed by atoms with Crippen LogP contribution in [0.5, 0.6) is 0 Å². The predicted octanol–water partition coefficient (Wildman–Crippen LogP) is 4.21. The van der Waals surface area contributed by atoms with Crippen LogP contribution in [0.3, 0.4) is 0 Å². The molecular weight excluding hydrogens is 364 g/mol. The molecule has 2 unspecified atom stereocenters. The fourth-order valence-electron chi connectivity index (χ4n) is 3.01. The molecule has 0 aromatic heterocycles. The van der Waals surface area contributed by atoms with Crippen molar-refractivity contribution in [3.8, 4) is 0 Å². The summed E-state index contributed by atoms with van der Waals surface area (Å²) in [5, 5.41) is 11.9. The van der Waals surface area contributed by atoms with Crippen molar-refractivity contribution in [1.82, 2.24) is 10.6 Å². The summed E-state index contributed by atoms with van der Waals surface area (Å²) < 4.78 is 0. The third-order valence-electron chi connectivity index (χ3n) is 5.08. The van der Waals surface area contributed by atoms with Crippen LogP contribution in [-0.2, 0) is 11.2 Å². The van der Waals surface area contributed by atoms with Gasteiger partial charge in [-0.3, -0.25) is 4.79 Å². The Balaban J connectivity index is 1.48. The molecule has 0 aliphatic heterocycles. The zero-order chi connectivity index (χ0) is 20.8. The van der Waals surface area contributed by atoms with E-state index < -0.39 is 0 Å². The first-order valence-electron chi connectivity index (χ1n) is 10.3. The smallest absolute Gasteiger partial charge is 0.319 e. The second-order valence-corrected chi connectivity index (χ2v) is 7.64. The Bertz CT molecular complexity index is 829. The van der Waals surface area contributed by atoms with E-state index in [1.807, 2.05) is 38.1 Å². The molecule has 1 aliphatic carbocycles. The van der Waals surface area contributed by atoms with Gasteiger partial charge in [-0.15, -0.1) is 0 Å². The van der Waals surface area contributed by atoms with Crippen molar-refractivity contribution in [1.29, 1.82) is 0 Å². The highest BCUT2D eigenvalue weighted by atomic mass is 16.2. The molecule has 0 bridgehead atoms. The van der Waals surface area contributed by atoms with Gasteiger partial charge in [0.1, 0.15) is 6.04 Å². The Kier molecular flexibility index (Phi) is 6.75. The van der Waals surface area contributed by atoms with Crippen molar-refractivity contribution >= 4 is 23.3 Å². The highest BCUT2D eigenvalue weighted by Crippen LogP contribution is 2.19. The van der Waals surface area contributed by atoms with Gasteiger partial charge < -0.3 is 21.3 Å². The largest absolute Gasteiger partial charge is 0.374 e. The van der Waals surface area contributed by atoms with Crippen molar-refractivity contribution in [3.05, 3.63) is 59.7 Å². The van der Waals surface area contributed by atoms with Crippen LogP contribution in [-0.4, -0.2) is 24.0 Å². The highest BCUT2D eigenvalue weighted by molar-refractivity contribution is 5.90. The zero-order valence-electron chi connectivity index (χ0n) is 17.3. The Morgan fingerprint density at radius 2 is 1.59 bits per heavy atom. The minimum absolute atomic E-state index is 0.0609. The van der Waals surface area contributed by atoms with E-state index in [0.29, 0.717) is 6.04 Å². The first kappa shape index (κ1) is 20.7. The first-order chi connectivity index (χ1) is 13.9. The molecule has 4 N–H and O–H groups in total. The van der Waals surface area contributed by atoms with E-state index in [2.05, 4.69) is 52.5 Å². The molecule has 0 heterocycles. The quantitative estimate of drug-likeness (QED) is 0.541. The number of carbonyl (C=O) groups excluding carboxylic acids is 2. The molecule has 0 spiro atoms. The molecule has 1 saturated carbocycles. The highest BCUT2D eigenvalue weighted by Gasteiger charge is 2.23. The number of aryl methyl sites for hydroxylation is 1. The lowest BCUT2D eigenvalue weighted by atomic mass is 10.0. The lowest BCUT2D eigenvalue weighted by Crippen LogP contribution is -2.38. The van der Waals surface area contributed by atoms with Gasteiger partial charge in [-0.25, -0.2) is 4.79 Å². The van der Waals surface area contributed by atoms with Gasteiger partial charge in [-0.1, -0.05) is 31.2 Å². The van der Waals surface area contributed by atoms with Crippen LogP contribution >= 0.6 is 0 Å². The SMILES string of the molecule is CCc1ccc(C(C)NC(=O)C(C)Nc2ccc(NC(=O)NC3CC3)cc2)cc1. The van der Waals surface area contributed by atoms with Crippen LogP contribution < -0.4 is 21.3 Å². The molecule has 2 aromatic rings. The second-order valence-electron chi connectivity index (χ2n) is 7.64. The fraction of sp³-hybridized carbons (Fsp3) is 0.391. The predicted molar refractivity (Wildman–Crippen MR) is 117 cm³/mol. The second kappa shape index (κ2) is 9.45. The van der Waals surface area contributed by atoms with Crippen molar-refractivity contribution in [2.24, 2.45) is 0 Å². The summed E-state index contributed by atoms with van der Waals surface area (Å²) in [6.07, 6.45) is 3.11. The van der Waals surface area contributed by atoms with E-state index in [0.717, 1.165) is 36.2 Å². The maximum absolute atomic E-state index is 12.5. The third kappa shape index (κ3) is 6.24. The number of carbonyl (C=O) groups is 2. The summed E-state index contributed by atoms with van der Waals surface area (Å²) in [4.78, 5) is 24.3. The summed E-state index contributed by atoms with van der Waals surface area (Å²) in [6, 6.07) is 15.4. The van der Waals surface area contributed by atoms with E-state index in [9.17, 15) is 9.59 Å². The van der Waals surface area contributed by atoms with Crippen LogP contribution in [0.15, 0.2) is 48.5 Å². The number of hydrogen-bond donors (Lipinski definition) is 4. The lowest BCUT2D eigenvalue weighted by molar-refractivity contribution is -0.122. The zero-order valence-corrected chi connectivity index (χ0v) is 17.3. The number of rotatable bonds is 8. The van der Waals surface area contributed by atoms with E-state index >= 15 is 0 Å². The Morgan fingerprint density at radius 1 is 0.966 bits per heavy atom. The van der Waals surface area contributed by atoms with Crippen LogP contribution in [0.4, 0.5) is 16.2 Å². The molecule has 1 fully saturated rings. The molecule has 0 radical (unpaired) electrons. The monoisotopic (exact) mass is 394 g/mol. The van der Waals surface area contributed by atoms with Gasteiger partial charge in [-0.2, -0.15) is 0 Å². The van der Waals surface area contributed by atoms with Gasteiger partial charge >= 0.3 is 6.03 Å². The Hall–Kier alpha value is -3.02. The van der Waals surface area contributed by atoms with Gasteiger partial charge in [0, 0.05) is 17.4 Å². The van der Waals surface area contributed by atoms with E-state index in [1.54, 1.807) is 0 Å². The number of anilines is 2. The maximum atomic E-state index is 12.5. The Morgan fingerprint density at radius 3 is 2.17 bits per heavy atom. The van der Waals surface area contributed by atoms with E-state index in [4.69, 9.17) is 0 Å². The number of hydrogen-bond acceptors (Lipinski definition) is 3. The maximum Gasteiger partial charge on any atom is 0.319 e. The van der Waals surface area contributed by atoms with E-state index in [-0.39, 0.29) is 24.0 Å². The molecule has 2 aromatic carbocycles. The molecule has 6 heteroatoms. The summed E-state index contributed by atoms with van der Waals surface area (Å²) in [5.41, 5.74) is 3.91. The molecule has 2 atom stereocenters. The number of nitrogens with one attached hydrogen (secondary N) is 4. The van der Waals surface area contributed by atoms with Gasteiger partial charge in [0.05, 0.1) is 6.04 Å². The molecule has 0 saturated heterocycles. The summed E-state index contributed by atoms with van der Waals surface area (Å²) in [5.74, 6) is -0.0666. The van der Waals surface area contributed by atoms with Crippen LogP contribution in [0.1, 0.15) is 50.8 Å². The van der Waals surface area contributed by atoms with Gasteiger partial charge in [-0.05, 0) is 68.5 Å². The molecule has 6 nitrogen and oxygen atoms in total. The number of amides is 3. The summed E-state index contributed by atoms with van der Waals surface area (Å²) >= 11 is 0. The van der Waals surface area contributed by atoms with Gasteiger partial charge in [0.2, 0.25) is 5.91 Å². The van der Waals surface area contributed by atoms with Crippen LogP contribution in [0.25, 0.3) is 0 Å². The normalized spacial score (nSPS) is 15.1. The van der Waals surface area contributed by atoms with Crippen LogP contribution in [0, 0.1) is 0 Å². The minimum atomic E-state index is -0.385. The van der Waals surface area contributed by atoms with E-state index in [1.165, 1.54) is 5.56 Å². The summed E-state index contributed by atoms with van der Waals surface area (Å²) in [6.45, 7) is 5.94. The molecule has 3 rings (SSSR count). The van der Waals surface area contributed by atoms with Crippen molar-refractivity contribution in [2.75, 3.05) is 10.6 Å². The molecule has 29 heavy (non-hydrogen) atoms. The standard InChI is InChI=1S/C23H30N4O2/c1-4-17-5-7-18(8-6-17)15(2)25-22(28)16(3)24-19-9-11-20(12-10-19)26-23(29)27-21-13-14-21/h5-12,15-16,21,24H,4,13-14H2,1-3H3,(H,25,28)(H2,26,27,29). The molecular formula is C23H30N4O2. The third-order valence-corrected chi connectivity index (χ3v) is 5.08. The average molecular weight is 395 g/mol. The van der Waals surface area contributed by atoms with Crippen molar-refractivity contribution in [2.45, 2.75) is 58.2 Å². The molecule has 154 valence electrons. The number of benzene rings is 2. The number of urea groups is 1. The topological polar surface area (TPSA) is 82.3 Å². The summed E-state index contributed by atoms with van der Waals surface area (Å²) in [7, 11) is 0. The minimum Gasteiger partial charge on any atom is -0.374 e. The lowest BCUT2D eigenvalue weighted by Gasteiger charge is -2.20. The Labute approximate surface area is 172 Å². The molecule has 3 amide bonds. The van der Waals surface area contributed by atoms with Crippen molar-refractivity contribution < 1.29 is 9.59 Å². The van der Waals surface area contributed by atoms with Crippen molar-refractivity contribution in [3.63, 3.8) is 0 Å². The van der Waals surface area contributed by atoms with Gasteiger partial charge in [0.25, 0.3) is 0 Å². The fourth-order valence-corrected chi connectivity index (χ4v) is 3.01. The molecule has 1 aliphatic rings. The van der Waals surface area contributed by atoms with Gasteiger partial charge in [0.15, 0.2) is 0 Å². The first-order valence-corrected chi connectivity index (χ1v) is 10.3.